The molecule has 5 heteroatoms. The lowest BCUT2D eigenvalue weighted by Gasteiger charge is -2.31. The summed E-state index contributed by atoms with van der Waals surface area (Å²) in [5.74, 6) is -0.357. The SMILES string of the molecule is CCC1CCCCCN1c1nnc(C)c(C)c1C(=O)O. The average molecular weight is 277 g/mol. The molecule has 1 N–H and O–H groups in total. The van der Waals surface area contributed by atoms with Crippen LogP contribution in [0.25, 0.3) is 0 Å². The minimum Gasteiger partial charge on any atom is -0.478 e. The quantitative estimate of drug-likeness (QED) is 0.920. The van der Waals surface area contributed by atoms with Crippen molar-refractivity contribution in [1.82, 2.24) is 10.2 Å². The van der Waals surface area contributed by atoms with Gasteiger partial charge in [-0.2, -0.15) is 5.10 Å². The van der Waals surface area contributed by atoms with Gasteiger partial charge in [0, 0.05) is 12.6 Å². The van der Waals surface area contributed by atoms with Gasteiger partial charge in [-0.3, -0.25) is 0 Å². The fourth-order valence-electron chi connectivity index (χ4n) is 2.93. The fourth-order valence-corrected chi connectivity index (χ4v) is 2.93. The van der Waals surface area contributed by atoms with E-state index in [2.05, 4.69) is 22.0 Å². The molecule has 0 spiro atoms. The Balaban J connectivity index is 2.49. The van der Waals surface area contributed by atoms with Crippen LogP contribution in [0.5, 0.6) is 0 Å². The van der Waals surface area contributed by atoms with Crippen LogP contribution in [0.15, 0.2) is 0 Å². The Kier molecular flexibility index (Phi) is 4.57. The van der Waals surface area contributed by atoms with Crippen LogP contribution in [0.1, 0.15) is 60.6 Å². The largest absolute Gasteiger partial charge is 0.478 e. The number of carbonyl (C=O) groups is 1. The standard InChI is InChI=1S/C15H23N3O2/c1-4-12-8-6-5-7-9-18(12)14-13(15(19)20)10(2)11(3)16-17-14/h12H,4-9H2,1-3H3,(H,19,20). The van der Waals surface area contributed by atoms with E-state index in [0.29, 0.717) is 23.1 Å². The Bertz CT molecular complexity index is 502. The molecule has 0 aromatic carbocycles. The monoisotopic (exact) mass is 277 g/mol. The van der Waals surface area contributed by atoms with Gasteiger partial charge in [-0.1, -0.05) is 19.8 Å². The Hall–Kier alpha value is -1.65. The second-order valence-electron chi connectivity index (χ2n) is 5.52. The number of rotatable bonds is 3. The smallest absolute Gasteiger partial charge is 0.339 e. The van der Waals surface area contributed by atoms with Crippen molar-refractivity contribution in [2.24, 2.45) is 0 Å². The third-order valence-corrected chi connectivity index (χ3v) is 4.27. The lowest BCUT2D eigenvalue weighted by atomic mass is 10.1. The van der Waals surface area contributed by atoms with E-state index in [1.807, 2.05) is 6.92 Å². The van der Waals surface area contributed by atoms with E-state index in [0.717, 1.165) is 31.4 Å². The summed E-state index contributed by atoms with van der Waals surface area (Å²) in [7, 11) is 0. The molecule has 0 aliphatic carbocycles. The van der Waals surface area contributed by atoms with Gasteiger partial charge >= 0.3 is 5.97 Å². The van der Waals surface area contributed by atoms with E-state index < -0.39 is 5.97 Å². The molecule has 2 heterocycles. The minimum absolute atomic E-state index is 0.317. The van der Waals surface area contributed by atoms with Crippen molar-refractivity contribution < 1.29 is 9.90 Å². The van der Waals surface area contributed by atoms with Crippen LogP contribution >= 0.6 is 0 Å². The van der Waals surface area contributed by atoms with Crippen LogP contribution in [-0.4, -0.2) is 33.9 Å². The number of aryl methyl sites for hydroxylation is 1. The molecule has 20 heavy (non-hydrogen) atoms. The Morgan fingerprint density at radius 1 is 1.30 bits per heavy atom. The third-order valence-electron chi connectivity index (χ3n) is 4.27. The highest BCUT2D eigenvalue weighted by atomic mass is 16.4. The summed E-state index contributed by atoms with van der Waals surface area (Å²) < 4.78 is 0. The van der Waals surface area contributed by atoms with Crippen LogP contribution < -0.4 is 4.90 Å². The van der Waals surface area contributed by atoms with Gasteiger partial charge in [0.2, 0.25) is 0 Å². The van der Waals surface area contributed by atoms with E-state index in [-0.39, 0.29) is 0 Å². The number of aromatic nitrogens is 2. The number of aromatic carboxylic acids is 1. The molecule has 1 aromatic rings. The van der Waals surface area contributed by atoms with Gasteiger partial charge in [-0.25, -0.2) is 4.79 Å². The summed E-state index contributed by atoms with van der Waals surface area (Å²) >= 11 is 0. The van der Waals surface area contributed by atoms with Crippen molar-refractivity contribution in [1.29, 1.82) is 0 Å². The number of anilines is 1. The van der Waals surface area contributed by atoms with Crippen molar-refractivity contribution in [3.8, 4) is 0 Å². The summed E-state index contributed by atoms with van der Waals surface area (Å²) in [4.78, 5) is 13.8. The van der Waals surface area contributed by atoms with E-state index in [9.17, 15) is 9.90 Å². The van der Waals surface area contributed by atoms with Crippen LogP contribution in [0.2, 0.25) is 0 Å². The molecule has 0 amide bonds. The predicted octanol–water partition coefficient (Wildman–Crippen LogP) is 2.95. The highest BCUT2D eigenvalue weighted by molar-refractivity contribution is 5.95. The zero-order valence-corrected chi connectivity index (χ0v) is 12.5. The van der Waals surface area contributed by atoms with Crippen molar-refractivity contribution in [2.75, 3.05) is 11.4 Å². The summed E-state index contributed by atoms with van der Waals surface area (Å²) in [6.45, 7) is 6.64. The van der Waals surface area contributed by atoms with Gasteiger partial charge in [0.15, 0.2) is 5.82 Å². The second kappa shape index (κ2) is 6.20. The van der Waals surface area contributed by atoms with Gasteiger partial charge in [0.05, 0.1) is 5.69 Å². The van der Waals surface area contributed by atoms with Crippen LogP contribution in [-0.2, 0) is 0 Å². The molecule has 1 fully saturated rings. The summed E-state index contributed by atoms with van der Waals surface area (Å²) in [5, 5.41) is 17.9. The normalized spacial score (nSPS) is 19.8. The van der Waals surface area contributed by atoms with E-state index in [1.54, 1.807) is 6.92 Å². The molecular weight excluding hydrogens is 254 g/mol. The second-order valence-corrected chi connectivity index (χ2v) is 5.52. The first-order valence-electron chi connectivity index (χ1n) is 7.40. The van der Waals surface area contributed by atoms with Crippen molar-refractivity contribution in [3.63, 3.8) is 0 Å². The summed E-state index contributed by atoms with van der Waals surface area (Å²) in [6.07, 6.45) is 5.60. The molecule has 1 aliphatic heterocycles. The maximum absolute atomic E-state index is 11.6. The molecule has 1 unspecified atom stereocenters. The van der Waals surface area contributed by atoms with Crippen molar-refractivity contribution in [2.45, 2.75) is 58.9 Å². The molecular formula is C15H23N3O2. The molecule has 5 nitrogen and oxygen atoms in total. The summed E-state index contributed by atoms with van der Waals surface area (Å²) in [6, 6.07) is 0.368. The van der Waals surface area contributed by atoms with Crippen LogP contribution in [0, 0.1) is 13.8 Å². The molecule has 1 aromatic heterocycles. The van der Waals surface area contributed by atoms with E-state index in [1.165, 1.54) is 12.8 Å². The number of carboxylic acid groups (broad SMARTS) is 1. The first-order chi connectivity index (χ1) is 9.56. The average Bonchev–Trinajstić information content (AvgIpc) is 2.66. The van der Waals surface area contributed by atoms with Crippen molar-refractivity contribution in [3.05, 3.63) is 16.8 Å². The lowest BCUT2D eigenvalue weighted by Crippen LogP contribution is -2.36. The highest BCUT2D eigenvalue weighted by Gasteiger charge is 2.27. The first-order valence-corrected chi connectivity index (χ1v) is 7.40. The first kappa shape index (κ1) is 14.8. The maximum Gasteiger partial charge on any atom is 0.339 e. The van der Waals surface area contributed by atoms with Gasteiger partial charge in [-0.05, 0) is 38.7 Å². The summed E-state index contributed by atoms with van der Waals surface area (Å²) in [5.41, 5.74) is 1.73. The zero-order valence-electron chi connectivity index (χ0n) is 12.5. The Morgan fingerprint density at radius 2 is 2.05 bits per heavy atom. The van der Waals surface area contributed by atoms with Crippen LogP contribution in [0.4, 0.5) is 5.82 Å². The van der Waals surface area contributed by atoms with Gasteiger partial charge in [0.1, 0.15) is 5.56 Å². The third kappa shape index (κ3) is 2.76. The molecule has 1 aliphatic rings. The van der Waals surface area contributed by atoms with Gasteiger partial charge in [-0.15, -0.1) is 5.10 Å². The van der Waals surface area contributed by atoms with Crippen molar-refractivity contribution >= 4 is 11.8 Å². The highest BCUT2D eigenvalue weighted by Crippen LogP contribution is 2.29. The maximum atomic E-state index is 11.6. The molecule has 1 saturated heterocycles. The fraction of sp³-hybridized carbons (Fsp3) is 0.667. The molecule has 0 bridgehead atoms. The molecule has 2 rings (SSSR count). The van der Waals surface area contributed by atoms with Gasteiger partial charge in [0.25, 0.3) is 0 Å². The zero-order chi connectivity index (χ0) is 14.7. The van der Waals surface area contributed by atoms with E-state index >= 15 is 0 Å². The van der Waals surface area contributed by atoms with E-state index in [4.69, 9.17) is 0 Å². The molecule has 110 valence electrons. The minimum atomic E-state index is -0.908. The Morgan fingerprint density at radius 3 is 2.70 bits per heavy atom. The molecule has 0 saturated carbocycles. The predicted molar refractivity (Wildman–Crippen MR) is 78.4 cm³/mol. The number of hydrogen-bond donors (Lipinski definition) is 1. The van der Waals surface area contributed by atoms with Crippen LogP contribution in [0.3, 0.4) is 0 Å². The molecule has 1 atom stereocenters. The Labute approximate surface area is 120 Å². The topological polar surface area (TPSA) is 66.3 Å². The number of nitrogens with zero attached hydrogens (tertiary/aromatic N) is 3. The van der Waals surface area contributed by atoms with Gasteiger partial charge < -0.3 is 10.0 Å². The number of carboxylic acids is 1. The lowest BCUT2D eigenvalue weighted by molar-refractivity contribution is 0.0696. The number of hydrogen-bond acceptors (Lipinski definition) is 4. The molecule has 0 radical (unpaired) electrons.